The minimum absolute atomic E-state index is 0.201. The first-order valence-corrected chi connectivity index (χ1v) is 9.22. The maximum atomic E-state index is 12.0. The molecule has 1 heterocycles. The van der Waals surface area contributed by atoms with Crippen molar-refractivity contribution in [3.8, 4) is 10.6 Å². The van der Waals surface area contributed by atoms with E-state index < -0.39 is 9.96 Å². The second kappa shape index (κ2) is 8.34. The molecule has 0 aliphatic rings. The number of halogens is 3. The molecule has 0 aliphatic heterocycles. The molecule has 5 nitrogen and oxygen atoms in total. The Balaban J connectivity index is 2.10. The van der Waals surface area contributed by atoms with E-state index in [1.807, 2.05) is 44.2 Å². The fraction of sp³-hybridized carbons (Fsp3) is 0.400. The van der Waals surface area contributed by atoms with E-state index >= 15 is 0 Å². The van der Waals surface area contributed by atoms with E-state index in [-0.39, 0.29) is 11.8 Å². The van der Waals surface area contributed by atoms with Gasteiger partial charge in [0, 0.05) is 12.0 Å². The van der Waals surface area contributed by atoms with Crippen LogP contribution < -0.4 is 10.6 Å². The van der Waals surface area contributed by atoms with Crippen molar-refractivity contribution in [2.75, 3.05) is 5.32 Å². The maximum absolute atomic E-state index is 12.0. The molecule has 0 saturated heterocycles. The van der Waals surface area contributed by atoms with Crippen molar-refractivity contribution in [2.45, 2.75) is 30.2 Å². The van der Waals surface area contributed by atoms with Crippen molar-refractivity contribution >= 4 is 57.2 Å². The van der Waals surface area contributed by atoms with Gasteiger partial charge in [-0.1, -0.05) is 90.3 Å². The predicted molar refractivity (Wildman–Crippen MR) is 101 cm³/mol. The summed E-state index contributed by atoms with van der Waals surface area (Å²) in [6.45, 7) is 3.88. The van der Waals surface area contributed by atoms with Crippen molar-refractivity contribution in [1.29, 1.82) is 0 Å². The molecule has 1 aromatic carbocycles. The average molecular weight is 408 g/mol. The van der Waals surface area contributed by atoms with Crippen molar-refractivity contribution < 1.29 is 4.79 Å². The molecule has 2 N–H and O–H groups in total. The highest BCUT2D eigenvalue weighted by atomic mass is 35.6. The molecule has 0 bridgehead atoms. The van der Waals surface area contributed by atoms with Crippen LogP contribution in [-0.4, -0.2) is 26.1 Å². The number of anilines is 1. The Kier molecular flexibility index (Phi) is 6.69. The first-order valence-electron chi connectivity index (χ1n) is 7.27. The molecule has 2 rings (SSSR count). The molecule has 2 aromatic rings. The number of carbonyl (C=O) groups excluding carboxylic acids is 1. The highest BCUT2D eigenvalue weighted by molar-refractivity contribution is 7.18. The van der Waals surface area contributed by atoms with Crippen LogP contribution in [0.15, 0.2) is 30.3 Å². The summed E-state index contributed by atoms with van der Waals surface area (Å²) in [5.41, 5.74) is 0.942. The number of rotatable bonds is 6. The molecule has 1 aromatic heterocycles. The first-order chi connectivity index (χ1) is 11.3. The van der Waals surface area contributed by atoms with Gasteiger partial charge in [-0.25, -0.2) is 0 Å². The largest absolute Gasteiger partial charge is 0.336 e. The van der Waals surface area contributed by atoms with Gasteiger partial charge in [0.05, 0.1) is 0 Å². The number of nitrogens with zero attached hydrogens (tertiary/aromatic N) is 2. The van der Waals surface area contributed by atoms with Crippen LogP contribution in [0.5, 0.6) is 0 Å². The van der Waals surface area contributed by atoms with Gasteiger partial charge >= 0.3 is 0 Å². The van der Waals surface area contributed by atoms with Crippen molar-refractivity contribution in [3.05, 3.63) is 30.3 Å². The van der Waals surface area contributed by atoms with Gasteiger partial charge in [0.2, 0.25) is 14.8 Å². The lowest BCUT2D eigenvalue weighted by molar-refractivity contribution is -0.122. The Hall–Kier alpha value is -1.08. The fourth-order valence-corrected chi connectivity index (χ4v) is 3.00. The molecular weight excluding hydrogens is 391 g/mol. The Morgan fingerprint density at radius 2 is 1.88 bits per heavy atom. The molecule has 0 spiro atoms. The molecular formula is C15H17Cl3N4OS. The summed E-state index contributed by atoms with van der Waals surface area (Å²) < 4.78 is -1.73. The number of hydrogen-bond donors (Lipinski definition) is 2. The summed E-state index contributed by atoms with van der Waals surface area (Å²) in [5, 5.41) is 15.0. The highest BCUT2D eigenvalue weighted by Crippen LogP contribution is 2.33. The summed E-state index contributed by atoms with van der Waals surface area (Å²) in [5.74, 6) is -0.00568. The van der Waals surface area contributed by atoms with Crippen molar-refractivity contribution in [3.63, 3.8) is 0 Å². The third kappa shape index (κ3) is 5.77. The Labute approximate surface area is 159 Å². The lowest BCUT2D eigenvalue weighted by Crippen LogP contribution is -2.49. The van der Waals surface area contributed by atoms with Gasteiger partial charge in [0.25, 0.3) is 0 Å². The number of carbonyl (C=O) groups is 1. The van der Waals surface area contributed by atoms with Gasteiger partial charge in [-0.05, 0) is 5.92 Å². The quantitative estimate of drug-likeness (QED) is 0.547. The van der Waals surface area contributed by atoms with Gasteiger partial charge in [-0.3, -0.25) is 4.79 Å². The molecule has 1 atom stereocenters. The molecule has 130 valence electrons. The molecule has 24 heavy (non-hydrogen) atoms. The molecule has 0 saturated carbocycles. The third-order valence-corrected chi connectivity index (χ3v) is 4.50. The third-order valence-electron chi connectivity index (χ3n) is 2.94. The van der Waals surface area contributed by atoms with E-state index in [0.29, 0.717) is 11.6 Å². The molecule has 0 radical (unpaired) electrons. The number of nitrogens with one attached hydrogen (secondary N) is 2. The van der Waals surface area contributed by atoms with E-state index in [9.17, 15) is 4.79 Å². The van der Waals surface area contributed by atoms with Gasteiger partial charge in [-0.15, -0.1) is 10.2 Å². The Morgan fingerprint density at radius 1 is 1.21 bits per heavy atom. The molecule has 0 aliphatic carbocycles. The van der Waals surface area contributed by atoms with E-state index in [1.165, 1.54) is 11.3 Å². The van der Waals surface area contributed by atoms with Crippen LogP contribution in [0.1, 0.15) is 20.3 Å². The SMILES string of the molecule is CC(C)CC(=O)NC(Nc1nnc(-c2ccccc2)s1)C(Cl)(Cl)Cl. The summed E-state index contributed by atoms with van der Waals surface area (Å²) in [4.78, 5) is 12.0. The Bertz CT molecular complexity index is 673. The molecule has 1 unspecified atom stereocenters. The lowest BCUT2D eigenvalue weighted by Gasteiger charge is -2.26. The van der Waals surface area contributed by atoms with E-state index in [1.54, 1.807) is 0 Å². The van der Waals surface area contributed by atoms with Gasteiger partial charge in [0.1, 0.15) is 11.2 Å². The molecule has 0 fully saturated rings. The monoisotopic (exact) mass is 406 g/mol. The fourth-order valence-electron chi connectivity index (χ4n) is 1.89. The minimum atomic E-state index is -1.73. The van der Waals surface area contributed by atoms with Gasteiger partial charge in [0.15, 0.2) is 0 Å². The normalized spacial score (nSPS) is 12.9. The summed E-state index contributed by atoms with van der Waals surface area (Å²) in [7, 11) is 0. The lowest BCUT2D eigenvalue weighted by atomic mass is 10.1. The zero-order valence-electron chi connectivity index (χ0n) is 13.1. The van der Waals surface area contributed by atoms with E-state index in [4.69, 9.17) is 34.8 Å². The van der Waals surface area contributed by atoms with Gasteiger partial charge in [-0.2, -0.15) is 0 Å². The van der Waals surface area contributed by atoms with Gasteiger partial charge < -0.3 is 10.6 Å². The standard InChI is InChI=1S/C15H17Cl3N4OS/c1-9(2)8-11(23)19-13(15(16,17)18)20-14-22-21-12(24-14)10-6-4-3-5-7-10/h3-7,9,13H,8H2,1-2H3,(H,19,23)(H,20,22). The van der Waals surface area contributed by atoms with Crippen LogP contribution in [-0.2, 0) is 4.79 Å². The number of hydrogen-bond acceptors (Lipinski definition) is 5. The molecule has 1 amide bonds. The topological polar surface area (TPSA) is 66.9 Å². The summed E-state index contributed by atoms with van der Waals surface area (Å²) in [6, 6.07) is 9.62. The summed E-state index contributed by atoms with van der Waals surface area (Å²) >= 11 is 19.2. The number of amides is 1. The van der Waals surface area contributed by atoms with Crippen LogP contribution >= 0.6 is 46.1 Å². The zero-order chi connectivity index (χ0) is 17.7. The first kappa shape index (κ1) is 19.2. The van der Waals surface area contributed by atoms with E-state index in [2.05, 4.69) is 20.8 Å². The Morgan fingerprint density at radius 3 is 2.46 bits per heavy atom. The van der Waals surface area contributed by atoms with Crippen LogP contribution in [0.3, 0.4) is 0 Å². The predicted octanol–water partition coefficient (Wildman–Crippen LogP) is 4.48. The average Bonchev–Trinajstić information content (AvgIpc) is 2.94. The summed E-state index contributed by atoms with van der Waals surface area (Å²) in [6.07, 6.45) is -0.574. The minimum Gasteiger partial charge on any atom is -0.336 e. The van der Waals surface area contributed by atoms with Crippen LogP contribution in [0.25, 0.3) is 10.6 Å². The zero-order valence-corrected chi connectivity index (χ0v) is 16.2. The van der Waals surface area contributed by atoms with Crippen LogP contribution in [0.4, 0.5) is 5.13 Å². The second-order valence-electron chi connectivity index (χ2n) is 5.56. The van der Waals surface area contributed by atoms with Crippen LogP contribution in [0, 0.1) is 5.92 Å². The van der Waals surface area contributed by atoms with Crippen LogP contribution in [0.2, 0.25) is 0 Å². The van der Waals surface area contributed by atoms with Crippen molar-refractivity contribution in [2.24, 2.45) is 5.92 Å². The van der Waals surface area contributed by atoms with E-state index in [0.717, 1.165) is 10.6 Å². The number of benzene rings is 1. The molecule has 9 heteroatoms. The smallest absolute Gasteiger partial charge is 0.228 e. The second-order valence-corrected chi connectivity index (χ2v) is 8.91. The number of alkyl halides is 3. The van der Waals surface area contributed by atoms with Crippen molar-refractivity contribution in [1.82, 2.24) is 15.5 Å². The highest BCUT2D eigenvalue weighted by Gasteiger charge is 2.34. The maximum Gasteiger partial charge on any atom is 0.228 e. The number of aromatic nitrogens is 2.